The van der Waals surface area contributed by atoms with Gasteiger partial charge < -0.3 is 0 Å². The average Bonchev–Trinajstić information content (AvgIpc) is 2.51. The Kier molecular flexibility index (Phi) is 6.07. The van der Waals surface area contributed by atoms with Crippen molar-refractivity contribution in [3.05, 3.63) is 35.4 Å². The summed E-state index contributed by atoms with van der Waals surface area (Å²) in [7, 11) is 0. The Hall–Kier alpha value is -1.36. The molecule has 1 aromatic carbocycles. The van der Waals surface area contributed by atoms with Crippen LogP contribution in [0.2, 0.25) is 0 Å². The molecule has 0 spiro atoms. The first-order chi connectivity index (χ1) is 11.3. The van der Waals surface area contributed by atoms with Gasteiger partial charge in [-0.05, 0) is 30.5 Å². The van der Waals surface area contributed by atoms with Crippen molar-refractivity contribution in [2.75, 3.05) is 13.1 Å². The molecule has 1 heterocycles. The molecule has 0 unspecified atom stereocenters. The lowest BCUT2D eigenvalue weighted by Crippen LogP contribution is -2.49. The van der Waals surface area contributed by atoms with E-state index in [-0.39, 0.29) is 5.41 Å². The summed E-state index contributed by atoms with van der Waals surface area (Å²) in [5, 5.41) is 0. The predicted molar refractivity (Wildman–Crippen MR) is 88.6 cm³/mol. The molecule has 0 aromatic heterocycles. The summed E-state index contributed by atoms with van der Waals surface area (Å²) < 4.78 is 37.9. The summed E-state index contributed by atoms with van der Waals surface area (Å²) in [6.07, 6.45) is -0.0276. The Morgan fingerprint density at radius 1 is 1.08 bits per heavy atom. The number of rotatable bonds is 6. The summed E-state index contributed by atoms with van der Waals surface area (Å²) >= 11 is 0. The van der Waals surface area contributed by atoms with Crippen LogP contribution in [0.1, 0.15) is 57.1 Å². The highest BCUT2D eigenvalue weighted by Gasteiger charge is 2.40. The quantitative estimate of drug-likeness (QED) is 0.720. The fraction of sp³-hybridized carbons (Fsp3) is 0.632. The fourth-order valence-corrected chi connectivity index (χ4v) is 3.83. The van der Waals surface area contributed by atoms with Gasteiger partial charge in [0.1, 0.15) is 5.78 Å². The normalized spacial score (nSPS) is 18.8. The van der Waals surface area contributed by atoms with Gasteiger partial charge in [-0.3, -0.25) is 9.69 Å². The minimum Gasteiger partial charge on any atom is -0.299 e. The zero-order chi connectivity index (χ0) is 17.8. The molecule has 1 aliphatic heterocycles. The van der Waals surface area contributed by atoms with Crippen LogP contribution in [0.4, 0.5) is 13.2 Å². The number of Topliss-reactive ketones (excluding diaryl/α,β-unsaturated/α-hetero) is 1. The second-order valence-corrected chi connectivity index (χ2v) is 6.86. The van der Waals surface area contributed by atoms with Crippen molar-refractivity contribution < 1.29 is 18.0 Å². The first-order valence-electron chi connectivity index (χ1n) is 8.72. The molecule has 2 nitrogen and oxygen atoms in total. The number of halogens is 3. The van der Waals surface area contributed by atoms with E-state index in [1.807, 2.05) is 0 Å². The smallest absolute Gasteiger partial charge is 0.299 e. The van der Waals surface area contributed by atoms with Gasteiger partial charge in [0.2, 0.25) is 0 Å². The second kappa shape index (κ2) is 7.68. The van der Waals surface area contributed by atoms with Gasteiger partial charge in [0.05, 0.1) is 5.56 Å². The standard InChI is InChI=1S/C19H26F3NO/c1-3-10-18(11-4-2)14-23(12-9-17(18)24)13-15-5-7-16(8-6-15)19(20,21)22/h5-8H,3-4,9-14H2,1-2H3. The number of ketones is 1. The molecule has 2 rings (SSSR count). The third kappa shape index (κ3) is 4.38. The highest BCUT2D eigenvalue weighted by Crippen LogP contribution is 2.37. The zero-order valence-corrected chi connectivity index (χ0v) is 14.5. The van der Waals surface area contributed by atoms with Gasteiger partial charge in [0.25, 0.3) is 0 Å². The number of carbonyl (C=O) groups excluding carboxylic acids is 1. The largest absolute Gasteiger partial charge is 0.416 e. The monoisotopic (exact) mass is 341 g/mol. The van der Waals surface area contributed by atoms with Gasteiger partial charge in [-0.25, -0.2) is 0 Å². The van der Waals surface area contributed by atoms with Crippen LogP contribution in [-0.2, 0) is 17.5 Å². The highest BCUT2D eigenvalue weighted by molar-refractivity contribution is 5.86. The number of alkyl halides is 3. The first-order valence-corrected chi connectivity index (χ1v) is 8.72. The number of benzene rings is 1. The molecule has 1 aliphatic rings. The predicted octanol–water partition coefficient (Wildman–Crippen LogP) is 5.07. The van der Waals surface area contributed by atoms with Gasteiger partial charge in [0, 0.05) is 31.5 Å². The molecule has 1 fully saturated rings. The summed E-state index contributed by atoms with van der Waals surface area (Å²) in [6, 6.07) is 5.35. The van der Waals surface area contributed by atoms with E-state index in [0.717, 1.165) is 43.4 Å². The van der Waals surface area contributed by atoms with Crippen molar-refractivity contribution >= 4 is 5.78 Å². The molecule has 134 valence electrons. The van der Waals surface area contributed by atoms with Crippen LogP contribution in [0.15, 0.2) is 24.3 Å². The fourth-order valence-electron chi connectivity index (χ4n) is 3.83. The van der Waals surface area contributed by atoms with Gasteiger partial charge in [-0.15, -0.1) is 0 Å². The van der Waals surface area contributed by atoms with E-state index in [1.54, 1.807) is 12.1 Å². The first kappa shape index (κ1) is 19.0. The molecule has 0 saturated carbocycles. The Bertz CT molecular complexity index is 545. The summed E-state index contributed by atoms with van der Waals surface area (Å²) in [5.41, 5.74) is -0.0289. The molecular weight excluding hydrogens is 315 g/mol. The number of carbonyl (C=O) groups is 1. The maximum atomic E-state index is 12.6. The Balaban J connectivity index is 2.08. The van der Waals surface area contributed by atoms with Crippen LogP contribution in [0.5, 0.6) is 0 Å². The molecule has 0 amide bonds. The molecule has 5 heteroatoms. The maximum Gasteiger partial charge on any atom is 0.416 e. The van der Waals surface area contributed by atoms with E-state index >= 15 is 0 Å². The van der Waals surface area contributed by atoms with Crippen LogP contribution in [0.3, 0.4) is 0 Å². The lowest BCUT2D eigenvalue weighted by molar-refractivity contribution is -0.138. The Morgan fingerprint density at radius 2 is 1.67 bits per heavy atom. The zero-order valence-electron chi connectivity index (χ0n) is 14.5. The van der Waals surface area contributed by atoms with Gasteiger partial charge in [-0.2, -0.15) is 13.2 Å². The van der Waals surface area contributed by atoms with Crippen LogP contribution >= 0.6 is 0 Å². The molecular formula is C19H26F3NO. The van der Waals surface area contributed by atoms with E-state index in [9.17, 15) is 18.0 Å². The minimum absolute atomic E-state index is 0.270. The summed E-state index contributed by atoms with van der Waals surface area (Å²) in [5.74, 6) is 0.356. The van der Waals surface area contributed by atoms with Gasteiger partial charge in [-0.1, -0.05) is 38.8 Å². The number of likely N-dealkylation sites (tertiary alicyclic amines) is 1. The van der Waals surface area contributed by atoms with Gasteiger partial charge >= 0.3 is 6.18 Å². The molecule has 0 bridgehead atoms. The Morgan fingerprint density at radius 3 is 2.17 bits per heavy atom. The second-order valence-electron chi connectivity index (χ2n) is 6.86. The number of hydrogen-bond donors (Lipinski definition) is 0. The van der Waals surface area contributed by atoms with Crippen molar-refractivity contribution in [2.24, 2.45) is 5.41 Å². The van der Waals surface area contributed by atoms with Crippen molar-refractivity contribution in [1.29, 1.82) is 0 Å². The van der Waals surface area contributed by atoms with E-state index in [4.69, 9.17) is 0 Å². The van der Waals surface area contributed by atoms with Crippen molar-refractivity contribution in [3.63, 3.8) is 0 Å². The maximum absolute atomic E-state index is 12.6. The number of nitrogens with zero attached hydrogens (tertiary/aromatic N) is 1. The number of hydrogen-bond acceptors (Lipinski definition) is 2. The van der Waals surface area contributed by atoms with Crippen LogP contribution in [0.25, 0.3) is 0 Å². The topological polar surface area (TPSA) is 20.3 Å². The average molecular weight is 341 g/mol. The van der Waals surface area contributed by atoms with Crippen LogP contribution in [-0.4, -0.2) is 23.8 Å². The SMILES string of the molecule is CCCC1(CCC)CN(Cc2ccc(C(F)(F)F)cc2)CCC1=O. The third-order valence-electron chi connectivity index (χ3n) is 4.92. The van der Waals surface area contributed by atoms with E-state index in [1.165, 1.54) is 0 Å². The molecule has 1 saturated heterocycles. The summed E-state index contributed by atoms with van der Waals surface area (Å²) in [4.78, 5) is 14.7. The lowest BCUT2D eigenvalue weighted by atomic mass is 9.72. The number of piperidine rings is 1. The molecule has 0 N–H and O–H groups in total. The van der Waals surface area contributed by atoms with Crippen molar-refractivity contribution in [2.45, 2.75) is 58.7 Å². The minimum atomic E-state index is -4.30. The molecule has 0 radical (unpaired) electrons. The molecule has 1 aromatic rings. The van der Waals surface area contributed by atoms with E-state index in [0.29, 0.717) is 31.8 Å². The molecule has 0 atom stereocenters. The molecule has 0 aliphatic carbocycles. The lowest BCUT2D eigenvalue weighted by Gasteiger charge is -2.42. The highest BCUT2D eigenvalue weighted by atomic mass is 19.4. The van der Waals surface area contributed by atoms with Crippen molar-refractivity contribution in [3.8, 4) is 0 Å². The van der Waals surface area contributed by atoms with E-state index < -0.39 is 11.7 Å². The molecule has 24 heavy (non-hydrogen) atoms. The van der Waals surface area contributed by atoms with Crippen molar-refractivity contribution in [1.82, 2.24) is 4.90 Å². The summed E-state index contributed by atoms with van der Waals surface area (Å²) in [6.45, 7) is 6.20. The Labute approximate surface area is 142 Å². The van der Waals surface area contributed by atoms with E-state index in [2.05, 4.69) is 18.7 Å². The third-order valence-corrected chi connectivity index (χ3v) is 4.92. The van der Waals surface area contributed by atoms with Gasteiger partial charge in [0.15, 0.2) is 0 Å². The van der Waals surface area contributed by atoms with Crippen LogP contribution in [0, 0.1) is 5.41 Å². The van der Waals surface area contributed by atoms with Crippen LogP contribution < -0.4 is 0 Å².